The van der Waals surface area contributed by atoms with Gasteiger partial charge in [0.15, 0.2) is 0 Å². The van der Waals surface area contributed by atoms with Crippen molar-refractivity contribution in [3.63, 3.8) is 0 Å². The van der Waals surface area contributed by atoms with Crippen LogP contribution in [-0.4, -0.2) is 15.0 Å². The molecule has 0 radical (unpaired) electrons. The van der Waals surface area contributed by atoms with Gasteiger partial charge in [-0.05, 0) is 42.9 Å². The Kier molecular flexibility index (Phi) is 4.70. The Morgan fingerprint density at radius 1 is 1.33 bits per heavy atom. The molecule has 1 fully saturated rings. The first-order chi connectivity index (χ1) is 9.77. The maximum Gasteiger partial charge on any atom is 0.240 e. The molecule has 2 rings (SSSR count). The van der Waals surface area contributed by atoms with Gasteiger partial charge in [-0.1, -0.05) is 19.8 Å². The van der Waals surface area contributed by atoms with Crippen LogP contribution in [-0.2, 0) is 16.6 Å². The molecule has 1 aliphatic rings. The minimum absolute atomic E-state index is 0.00496. The molecule has 0 spiro atoms. The highest BCUT2D eigenvalue weighted by Crippen LogP contribution is 2.37. The third-order valence-electron chi connectivity index (χ3n) is 4.38. The van der Waals surface area contributed by atoms with Crippen LogP contribution in [0.3, 0.4) is 0 Å². The number of hydrogen-bond acceptors (Lipinski definition) is 3. The smallest absolute Gasteiger partial charge is 0.240 e. The summed E-state index contributed by atoms with van der Waals surface area (Å²) >= 11 is 0. The molecular weight excluding hydrogens is 291 g/mol. The van der Waals surface area contributed by atoms with E-state index < -0.39 is 15.8 Å². The van der Waals surface area contributed by atoms with E-state index in [0.717, 1.165) is 25.7 Å². The fourth-order valence-corrected chi connectivity index (χ4v) is 4.36. The number of rotatable bonds is 5. The van der Waals surface area contributed by atoms with E-state index >= 15 is 0 Å². The van der Waals surface area contributed by atoms with E-state index in [0.29, 0.717) is 12.1 Å². The lowest BCUT2D eigenvalue weighted by molar-refractivity contribution is 0.336. The summed E-state index contributed by atoms with van der Waals surface area (Å²) in [6.45, 7) is 4.06. The van der Waals surface area contributed by atoms with Gasteiger partial charge < -0.3 is 5.73 Å². The Morgan fingerprint density at radius 3 is 2.52 bits per heavy atom. The molecule has 6 heteroatoms. The van der Waals surface area contributed by atoms with Crippen molar-refractivity contribution in [3.05, 3.63) is 29.1 Å². The SMILES string of the molecule is Cc1c(F)cc(CN)cc1S(=O)(=O)NCC1(C)CCCC1. The first kappa shape index (κ1) is 16.4. The minimum Gasteiger partial charge on any atom is -0.326 e. The highest BCUT2D eigenvalue weighted by molar-refractivity contribution is 7.89. The van der Waals surface area contributed by atoms with Gasteiger partial charge in [-0.25, -0.2) is 17.5 Å². The maximum absolute atomic E-state index is 13.8. The number of hydrogen-bond donors (Lipinski definition) is 2. The van der Waals surface area contributed by atoms with Crippen molar-refractivity contribution in [2.24, 2.45) is 11.1 Å². The lowest BCUT2D eigenvalue weighted by atomic mass is 9.89. The van der Waals surface area contributed by atoms with Crippen LogP contribution in [0.4, 0.5) is 4.39 Å². The van der Waals surface area contributed by atoms with Crippen molar-refractivity contribution in [1.82, 2.24) is 4.72 Å². The van der Waals surface area contributed by atoms with E-state index in [1.54, 1.807) is 0 Å². The van der Waals surface area contributed by atoms with Crippen molar-refractivity contribution in [1.29, 1.82) is 0 Å². The van der Waals surface area contributed by atoms with E-state index in [-0.39, 0.29) is 22.4 Å². The molecule has 0 amide bonds. The van der Waals surface area contributed by atoms with E-state index in [9.17, 15) is 12.8 Å². The standard InChI is InChI=1S/C15H23FN2O2S/c1-11-13(16)7-12(9-17)8-14(11)21(19,20)18-10-15(2)5-3-4-6-15/h7-8,18H,3-6,9-10,17H2,1-2H3. The highest BCUT2D eigenvalue weighted by atomic mass is 32.2. The summed E-state index contributed by atoms with van der Waals surface area (Å²) < 4.78 is 41.4. The zero-order valence-electron chi connectivity index (χ0n) is 12.6. The van der Waals surface area contributed by atoms with Gasteiger partial charge in [-0.15, -0.1) is 0 Å². The van der Waals surface area contributed by atoms with E-state index in [4.69, 9.17) is 5.73 Å². The van der Waals surface area contributed by atoms with Gasteiger partial charge in [0.05, 0.1) is 4.90 Å². The summed E-state index contributed by atoms with van der Waals surface area (Å²) in [6.07, 6.45) is 4.31. The molecule has 0 bridgehead atoms. The topological polar surface area (TPSA) is 72.2 Å². The predicted octanol–water partition coefficient (Wildman–Crippen LogP) is 2.45. The zero-order chi connectivity index (χ0) is 15.7. The average Bonchev–Trinajstić information content (AvgIpc) is 2.87. The molecule has 0 aliphatic heterocycles. The van der Waals surface area contributed by atoms with Crippen LogP contribution in [0.1, 0.15) is 43.7 Å². The van der Waals surface area contributed by atoms with E-state index in [1.165, 1.54) is 19.1 Å². The van der Waals surface area contributed by atoms with E-state index in [1.807, 2.05) is 0 Å². The molecule has 4 nitrogen and oxygen atoms in total. The van der Waals surface area contributed by atoms with Crippen LogP contribution < -0.4 is 10.5 Å². The maximum atomic E-state index is 13.8. The Hall–Kier alpha value is -0.980. The van der Waals surface area contributed by atoms with Crippen molar-refractivity contribution in [3.8, 4) is 0 Å². The monoisotopic (exact) mass is 314 g/mol. The summed E-state index contributed by atoms with van der Waals surface area (Å²) in [7, 11) is -3.72. The molecule has 1 aromatic carbocycles. The van der Waals surface area contributed by atoms with Crippen molar-refractivity contribution in [2.75, 3.05) is 6.54 Å². The minimum atomic E-state index is -3.72. The summed E-state index contributed by atoms with van der Waals surface area (Å²) in [6, 6.07) is 2.74. The van der Waals surface area contributed by atoms with Gasteiger partial charge in [0, 0.05) is 18.7 Å². The Balaban J connectivity index is 2.25. The lowest BCUT2D eigenvalue weighted by Crippen LogP contribution is -2.34. The summed E-state index contributed by atoms with van der Waals surface area (Å²) in [5.74, 6) is -0.537. The molecular formula is C15H23FN2O2S. The summed E-state index contributed by atoms with van der Waals surface area (Å²) in [5.41, 5.74) is 6.11. The number of benzene rings is 1. The van der Waals surface area contributed by atoms with Gasteiger partial charge in [0.1, 0.15) is 5.82 Å². The van der Waals surface area contributed by atoms with Crippen molar-refractivity contribution in [2.45, 2.75) is 51.0 Å². The molecule has 0 aromatic heterocycles. The van der Waals surface area contributed by atoms with Gasteiger partial charge in [0.2, 0.25) is 10.0 Å². The van der Waals surface area contributed by atoms with Crippen LogP contribution in [0.15, 0.2) is 17.0 Å². The van der Waals surface area contributed by atoms with Gasteiger partial charge >= 0.3 is 0 Å². The normalized spacial score (nSPS) is 18.1. The summed E-state index contributed by atoms with van der Waals surface area (Å²) in [4.78, 5) is -0.00968. The Bertz CT molecular complexity index is 623. The van der Waals surface area contributed by atoms with Crippen LogP contribution >= 0.6 is 0 Å². The number of halogens is 1. The summed E-state index contributed by atoms with van der Waals surface area (Å²) in [5, 5.41) is 0. The van der Waals surface area contributed by atoms with E-state index in [2.05, 4.69) is 11.6 Å². The second-order valence-electron chi connectivity index (χ2n) is 6.25. The van der Waals surface area contributed by atoms with Crippen LogP contribution in [0.2, 0.25) is 0 Å². The second-order valence-corrected chi connectivity index (χ2v) is 7.98. The van der Waals surface area contributed by atoms with Gasteiger partial charge in [-0.3, -0.25) is 0 Å². The van der Waals surface area contributed by atoms with Crippen LogP contribution in [0.5, 0.6) is 0 Å². The fourth-order valence-electron chi connectivity index (χ4n) is 2.86. The molecule has 1 aromatic rings. The van der Waals surface area contributed by atoms with Crippen molar-refractivity contribution < 1.29 is 12.8 Å². The fraction of sp³-hybridized carbons (Fsp3) is 0.600. The molecule has 1 saturated carbocycles. The molecule has 0 heterocycles. The second kappa shape index (κ2) is 6.02. The van der Waals surface area contributed by atoms with Gasteiger partial charge in [0.25, 0.3) is 0 Å². The third-order valence-corrected chi connectivity index (χ3v) is 5.91. The molecule has 0 unspecified atom stereocenters. The number of sulfonamides is 1. The van der Waals surface area contributed by atoms with Crippen LogP contribution in [0.25, 0.3) is 0 Å². The Labute approximate surface area is 126 Å². The van der Waals surface area contributed by atoms with Crippen molar-refractivity contribution >= 4 is 10.0 Å². The molecule has 0 atom stereocenters. The molecule has 3 N–H and O–H groups in total. The first-order valence-corrected chi connectivity index (χ1v) is 8.74. The molecule has 118 valence electrons. The van der Waals surface area contributed by atoms with Crippen LogP contribution in [0, 0.1) is 18.2 Å². The lowest BCUT2D eigenvalue weighted by Gasteiger charge is -2.24. The predicted molar refractivity (Wildman–Crippen MR) is 80.8 cm³/mol. The largest absolute Gasteiger partial charge is 0.326 e. The zero-order valence-corrected chi connectivity index (χ0v) is 13.4. The number of nitrogens with two attached hydrogens (primary N) is 1. The molecule has 0 saturated heterocycles. The average molecular weight is 314 g/mol. The highest BCUT2D eigenvalue weighted by Gasteiger charge is 2.31. The molecule has 1 aliphatic carbocycles. The quantitative estimate of drug-likeness (QED) is 0.877. The third kappa shape index (κ3) is 3.62. The Morgan fingerprint density at radius 2 is 1.95 bits per heavy atom. The van der Waals surface area contributed by atoms with Gasteiger partial charge in [-0.2, -0.15) is 0 Å². The first-order valence-electron chi connectivity index (χ1n) is 7.26. The molecule has 21 heavy (non-hydrogen) atoms. The number of nitrogens with one attached hydrogen (secondary N) is 1.